The Balaban J connectivity index is 3.02. The van der Waals surface area contributed by atoms with Crippen LogP contribution in [-0.4, -0.2) is 0 Å². The standard InChI is InChI=1S/C11H16N/c1-3-9-5-6-11(8-12)10(4-2)7-9/h6-7H,3-4,8,12H2,1-2H3. The van der Waals surface area contributed by atoms with Gasteiger partial charge in [-0.1, -0.05) is 19.9 Å². The maximum Gasteiger partial charge on any atom is 0.0181 e. The SMILES string of the molecule is CCc1[c]cc(CN)c(CC)c1. The lowest BCUT2D eigenvalue weighted by molar-refractivity contribution is 0.987. The summed E-state index contributed by atoms with van der Waals surface area (Å²) in [6, 6.07) is 7.47. The second kappa shape index (κ2) is 4.27. The highest BCUT2D eigenvalue weighted by Crippen LogP contribution is 2.12. The van der Waals surface area contributed by atoms with Crippen molar-refractivity contribution in [1.82, 2.24) is 0 Å². The maximum atomic E-state index is 5.60. The smallest absolute Gasteiger partial charge is 0.0181 e. The van der Waals surface area contributed by atoms with Gasteiger partial charge in [0.05, 0.1) is 0 Å². The summed E-state index contributed by atoms with van der Waals surface area (Å²) in [6.45, 7) is 4.94. The molecule has 0 atom stereocenters. The maximum absolute atomic E-state index is 5.60. The highest BCUT2D eigenvalue weighted by atomic mass is 14.5. The number of aryl methyl sites for hydroxylation is 2. The molecule has 0 bridgehead atoms. The van der Waals surface area contributed by atoms with E-state index in [4.69, 9.17) is 5.73 Å². The number of hydrogen-bond donors (Lipinski definition) is 1. The van der Waals surface area contributed by atoms with Gasteiger partial charge in [0.2, 0.25) is 0 Å². The lowest BCUT2D eigenvalue weighted by Gasteiger charge is -2.06. The molecule has 0 amide bonds. The van der Waals surface area contributed by atoms with Gasteiger partial charge in [0, 0.05) is 6.54 Å². The average Bonchev–Trinajstić information content (AvgIpc) is 2.16. The van der Waals surface area contributed by atoms with Gasteiger partial charge in [-0.05, 0) is 41.7 Å². The Morgan fingerprint density at radius 1 is 1.25 bits per heavy atom. The second-order valence-corrected chi connectivity index (χ2v) is 2.92. The van der Waals surface area contributed by atoms with Crippen LogP contribution in [0.5, 0.6) is 0 Å². The van der Waals surface area contributed by atoms with E-state index in [2.05, 4.69) is 26.0 Å². The van der Waals surface area contributed by atoms with Crippen LogP contribution in [0.1, 0.15) is 30.5 Å². The Kier molecular flexibility index (Phi) is 3.30. The van der Waals surface area contributed by atoms with Gasteiger partial charge in [-0.3, -0.25) is 0 Å². The van der Waals surface area contributed by atoms with E-state index in [0.717, 1.165) is 12.8 Å². The van der Waals surface area contributed by atoms with Crippen molar-refractivity contribution in [2.45, 2.75) is 33.2 Å². The quantitative estimate of drug-likeness (QED) is 0.723. The predicted molar refractivity (Wildman–Crippen MR) is 51.9 cm³/mol. The molecule has 1 aromatic carbocycles. The van der Waals surface area contributed by atoms with E-state index in [1.54, 1.807) is 0 Å². The molecule has 0 spiro atoms. The predicted octanol–water partition coefficient (Wildman–Crippen LogP) is 2.07. The van der Waals surface area contributed by atoms with Gasteiger partial charge in [0.15, 0.2) is 0 Å². The summed E-state index contributed by atoms with van der Waals surface area (Å²) in [5.74, 6) is 0. The minimum atomic E-state index is 0.629. The molecule has 1 rings (SSSR count). The summed E-state index contributed by atoms with van der Waals surface area (Å²) in [4.78, 5) is 0. The zero-order chi connectivity index (χ0) is 8.97. The first kappa shape index (κ1) is 9.27. The molecule has 0 fully saturated rings. The average molecular weight is 162 g/mol. The van der Waals surface area contributed by atoms with Gasteiger partial charge in [-0.15, -0.1) is 0 Å². The molecule has 1 heteroatoms. The molecule has 0 aliphatic heterocycles. The minimum Gasteiger partial charge on any atom is -0.326 e. The molecule has 0 saturated carbocycles. The van der Waals surface area contributed by atoms with Crippen molar-refractivity contribution in [3.05, 3.63) is 34.9 Å². The Morgan fingerprint density at radius 2 is 2.00 bits per heavy atom. The zero-order valence-electron chi connectivity index (χ0n) is 7.85. The fourth-order valence-electron chi connectivity index (χ4n) is 1.34. The molecule has 0 saturated heterocycles. The topological polar surface area (TPSA) is 26.0 Å². The number of benzene rings is 1. The molecule has 0 aliphatic rings. The highest BCUT2D eigenvalue weighted by molar-refractivity contribution is 5.31. The monoisotopic (exact) mass is 162 g/mol. The third-order valence-electron chi connectivity index (χ3n) is 2.17. The Labute approximate surface area is 74.6 Å². The molecule has 0 heterocycles. The van der Waals surface area contributed by atoms with E-state index in [0.29, 0.717) is 6.54 Å². The first-order valence-electron chi connectivity index (χ1n) is 4.54. The third kappa shape index (κ3) is 1.86. The summed E-state index contributed by atoms with van der Waals surface area (Å²) < 4.78 is 0. The van der Waals surface area contributed by atoms with Crippen molar-refractivity contribution in [2.24, 2.45) is 5.73 Å². The van der Waals surface area contributed by atoms with Crippen LogP contribution in [-0.2, 0) is 19.4 Å². The van der Waals surface area contributed by atoms with Gasteiger partial charge >= 0.3 is 0 Å². The Bertz CT molecular complexity index is 253. The normalized spacial score (nSPS) is 10.2. The van der Waals surface area contributed by atoms with E-state index >= 15 is 0 Å². The Morgan fingerprint density at radius 3 is 2.50 bits per heavy atom. The van der Waals surface area contributed by atoms with Crippen LogP contribution in [0.15, 0.2) is 12.1 Å². The van der Waals surface area contributed by atoms with Crippen molar-refractivity contribution in [3.8, 4) is 0 Å². The molecule has 12 heavy (non-hydrogen) atoms. The van der Waals surface area contributed by atoms with Crippen molar-refractivity contribution in [2.75, 3.05) is 0 Å². The van der Waals surface area contributed by atoms with Crippen LogP contribution in [0.2, 0.25) is 0 Å². The lowest BCUT2D eigenvalue weighted by Crippen LogP contribution is -2.01. The zero-order valence-corrected chi connectivity index (χ0v) is 7.85. The van der Waals surface area contributed by atoms with Crippen LogP contribution >= 0.6 is 0 Å². The fraction of sp³-hybridized carbons (Fsp3) is 0.455. The molecule has 0 aromatic heterocycles. The highest BCUT2D eigenvalue weighted by Gasteiger charge is 1.99. The summed E-state index contributed by atoms with van der Waals surface area (Å²) in [7, 11) is 0. The fourth-order valence-corrected chi connectivity index (χ4v) is 1.34. The van der Waals surface area contributed by atoms with Crippen LogP contribution in [0.25, 0.3) is 0 Å². The second-order valence-electron chi connectivity index (χ2n) is 2.92. The molecule has 2 N–H and O–H groups in total. The third-order valence-corrected chi connectivity index (χ3v) is 2.17. The summed E-state index contributed by atoms with van der Waals surface area (Å²) in [6.07, 6.45) is 2.12. The lowest BCUT2D eigenvalue weighted by atomic mass is 10.0. The molecule has 65 valence electrons. The molecule has 1 radical (unpaired) electrons. The van der Waals surface area contributed by atoms with E-state index in [1.807, 2.05) is 6.07 Å². The summed E-state index contributed by atoms with van der Waals surface area (Å²) in [5.41, 5.74) is 9.48. The largest absolute Gasteiger partial charge is 0.326 e. The van der Waals surface area contributed by atoms with Crippen LogP contribution in [0.4, 0.5) is 0 Å². The first-order valence-corrected chi connectivity index (χ1v) is 4.54. The van der Waals surface area contributed by atoms with Gasteiger partial charge in [0.25, 0.3) is 0 Å². The van der Waals surface area contributed by atoms with Crippen molar-refractivity contribution in [3.63, 3.8) is 0 Å². The molecular weight excluding hydrogens is 146 g/mol. The molecule has 0 unspecified atom stereocenters. The van der Waals surface area contributed by atoms with Crippen LogP contribution in [0, 0.1) is 6.07 Å². The van der Waals surface area contributed by atoms with Crippen LogP contribution < -0.4 is 5.73 Å². The van der Waals surface area contributed by atoms with Crippen molar-refractivity contribution < 1.29 is 0 Å². The van der Waals surface area contributed by atoms with E-state index in [1.165, 1.54) is 16.7 Å². The van der Waals surface area contributed by atoms with E-state index in [-0.39, 0.29) is 0 Å². The molecular formula is C11H16N. The van der Waals surface area contributed by atoms with E-state index in [9.17, 15) is 0 Å². The number of hydrogen-bond acceptors (Lipinski definition) is 1. The molecule has 1 nitrogen and oxygen atoms in total. The van der Waals surface area contributed by atoms with Crippen molar-refractivity contribution in [1.29, 1.82) is 0 Å². The van der Waals surface area contributed by atoms with Gasteiger partial charge in [-0.2, -0.15) is 0 Å². The van der Waals surface area contributed by atoms with Gasteiger partial charge in [0.1, 0.15) is 0 Å². The number of rotatable bonds is 3. The van der Waals surface area contributed by atoms with Gasteiger partial charge < -0.3 is 5.73 Å². The summed E-state index contributed by atoms with van der Waals surface area (Å²) >= 11 is 0. The van der Waals surface area contributed by atoms with Gasteiger partial charge in [-0.25, -0.2) is 0 Å². The first-order chi connectivity index (χ1) is 5.81. The molecule has 1 aromatic rings. The van der Waals surface area contributed by atoms with Crippen molar-refractivity contribution >= 4 is 0 Å². The van der Waals surface area contributed by atoms with E-state index < -0.39 is 0 Å². The van der Waals surface area contributed by atoms with Crippen LogP contribution in [0.3, 0.4) is 0 Å². The molecule has 0 aliphatic carbocycles. The Hall–Kier alpha value is -0.820. The minimum absolute atomic E-state index is 0.629. The summed E-state index contributed by atoms with van der Waals surface area (Å²) in [5, 5.41) is 0. The number of nitrogens with two attached hydrogens (primary N) is 1.